The maximum Gasteiger partial charge on any atom is 0.254 e. The monoisotopic (exact) mass is 389 g/mol. The van der Waals surface area contributed by atoms with E-state index in [1.165, 1.54) is 18.3 Å². The number of methoxy groups -OCH3 is 1. The predicted octanol–water partition coefficient (Wildman–Crippen LogP) is 3.44. The number of hydrogen-bond acceptors (Lipinski definition) is 5. The first-order chi connectivity index (χ1) is 14.1. The van der Waals surface area contributed by atoms with Gasteiger partial charge in [-0.3, -0.25) is 9.59 Å². The molecule has 0 atom stereocenters. The van der Waals surface area contributed by atoms with Gasteiger partial charge in [-0.1, -0.05) is 12.1 Å². The fraction of sp³-hybridized carbons (Fsp3) is 0.136. The normalized spacial score (nSPS) is 10.1. The molecule has 3 rings (SSSR count). The third-order valence-corrected chi connectivity index (χ3v) is 4.19. The number of hydrogen-bond donors (Lipinski definition) is 1. The molecule has 0 saturated heterocycles. The van der Waals surface area contributed by atoms with Gasteiger partial charge in [0.25, 0.3) is 5.91 Å². The summed E-state index contributed by atoms with van der Waals surface area (Å²) < 4.78 is 10.6. The van der Waals surface area contributed by atoms with Crippen molar-refractivity contribution in [3.8, 4) is 11.8 Å². The Hall–Kier alpha value is -4.05. The van der Waals surface area contributed by atoms with Gasteiger partial charge in [-0.15, -0.1) is 0 Å². The van der Waals surface area contributed by atoms with Crippen LogP contribution in [0.25, 0.3) is 0 Å². The lowest BCUT2D eigenvalue weighted by Crippen LogP contribution is -2.37. The average Bonchev–Trinajstić information content (AvgIpc) is 3.26. The van der Waals surface area contributed by atoms with Gasteiger partial charge in [-0.2, -0.15) is 5.26 Å². The van der Waals surface area contributed by atoms with E-state index >= 15 is 0 Å². The minimum Gasteiger partial charge on any atom is -0.495 e. The molecule has 1 N–H and O–H groups in total. The SMILES string of the molecule is COc1ccccc1NC(=O)CN(Cc1ccco1)C(=O)c1ccc(C#N)cc1. The minimum absolute atomic E-state index is 0.130. The Labute approximate surface area is 168 Å². The van der Waals surface area contributed by atoms with Crippen LogP contribution >= 0.6 is 0 Å². The number of nitriles is 1. The highest BCUT2D eigenvalue weighted by Gasteiger charge is 2.21. The summed E-state index contributed by atoms with van der Waals surface area (Å²) in [7, 11) is 1.52. The van der Waals surface area contributed by atoms with Gasteiger partial charge in [-0.25, -0.2) is 0 Å². The van der Waals surface area contributed by atoms with Gasteiger partial charge in [0.2, 0.25) is 5.91 Å². The second-order valence-corrected chi connectivity index (χ2v) is 6.18. The van der Waals surface area contributed by atoms with Gasteiger partial charge in [-0.05, 0) is 48.5 Å². The molecule has 0 aliphatic carbocycles. The van der Waals surface area contributed by atoms with E-state index in [1.54, 1.807) is 60.7 Å². The Balaban J connectivity index is 1.78. The molecule has 0 aliphatic heterocycles. The maximum atomic E-state index is 13.0. The van der Waals surface area contributed by atoms with Crippen molar-refractivity contribution in [3.05, 3.63) is 83.8 Å². The van der Waals surface area contributed by atoms with Crippen molar-refractivity contribution in [1.29, 1.82) is 5.26 Å². The number of para-hydroxylation sites is 2. The fourth-order valence-electron chi connectivity index (χ4n) is 2.77. The zero-order valence-corrected chi connectivity index (χ0v) is 15.8. The van der Waals surface area contributed by atoms with E-state index in [4.69, 9.17) is 14.4 Å². The summed E-state index contributed by atoms with van der Waals surface area (Å²) in [5, 5.41) is 11.7. The molecule has 7 heteroatoms. The molecule has 0 radical (unpaired) electrons. The molecule has 0 saturated carbocycles. The molecule has 0 unspecified atom stereocenters. The van der Waals surface area contributed by atoms with Crippen LogP contribution in [0.4, 0.5) is 5.69 Å². The highest BCUT2D eigenvalue weighted by molar-refractivity contribution is 5.99. The van der Waals surface area contributed by atoms with Crippen molar-refractivity contribution in [2.45, 2.75) is 6.54 Å². The standard InChI is InChI=1S/C22H19N3O4/c1-28-20-7-3-2-6-19(20)24-21(26)15-25(14-18-5-4-12-29-18)22(27)17-10-8-16(13-23)9-11-17/h2-12H,14-15H2,1H3,(H,24,26). The van der Waals surface area contributed by atoms with Crippen LogP contribution in [-0.4, -0.2) is 30.4 Å². The number of furan rings is 1. The van der Waals surface area contributed by atoms with Crippen molar-refractivity contribution in [3.63, 3.8) is 0 Å². The summed E-state index contributed by atoms with van der Waals surface area (Å²) in [6.07, 6.45) is 1.51. The average molecular weight is 389 g/mol. The van der Waals surface area contributed by atoms with Crippen molar-refractivity contribution in [1.82, 2.24) is 4.90 Å². The highest BCUT2D eigenvalue weighted by Crippen LogP contribution is 2.23. The number of benzene rings is 2. The Morgan fingerprint density at radius 2 is 1.86 bits per heavy atom. The number of nitrogens with one attached hydrogen (secondary N) is 1. The number of amides is 2. The smallest absolute Gasteiger partial charge is 0.254 e. The largest absolute Gasteiger partial charge is 0.495 e. The van der Waals surface area contributed by atoms with Crippen molar-refractivity contribution >= 4 is 17.5 Å². The van der Waals surface area contributed by atoms with E-state index in [0.29, 0.717) is 28.3 Å². The van der Waals surface area contributed by atoms with Crippen LogP contribution in [0, 0.1) is 11.3 Å². The van der Waals surface area contributed by atoms with Gasteiger partial charge in [0.15, 0.2) is 0 Å². The molecule has 2 aromatic carbocycles. The summed E-state index contributed by atoms with van der Waals surface area (Å²) in [6, 6.07) is 18.7. The summed E-state index contributed by atoms with van der Waals surface area (Å²) in [5.74, 6) is 0.359. The first kappa shape index (κ1) is 19.7. The van der Waals surface area contributed by atoms with Crippen molar-refractivity contribution in [2.75, 3.05) is 19.0 Å². The van der Waals surface area contributed by atoms with Crippen molar-refractivity contribution in [2.24, 2.45) is 0 Å². The van der Waals surface area contributed by atoms with Crippen LogP contribution in [0.2, 0.25) is 0 Å². The molecule has 0 fully saturated rings. The number of nitrogens with zero attached hydrogens (tertiary/aromatic N) is 2. The lowest BCUT2D eigenvalue weighted by atomic mass is 10.1. The molecule has 1 aromatic heterocycles. The number of ether oxygens (including phenoxy) is 1. The zero-order valence-electron chi connectivity index (χ0n) is 15.8. The first-order valence-electron chi connectivity index (χ1n) is 8.85. The molecule has 2 amide bonds. The van der Waals surface area contributed by atoms with Crippen molar-refractivity contribution < 1.29 is 18.7 Å². The molecule has 3 aromatic rings. The van der Waals surface area contributed by atoms with Gasteiger partial charge in [0.1, 0.15) is 18.1 Å². The third-order valence-electron chi connectivity index (χ3n) is 4.19. The minimum atomic E-state index is -0.372. The Kier molecular flexibility index (Phi) is 6.28. The van der Waals surface area contributed by atoms with Crippen LogP contribution in [-0.2, 0) is 11.3 Å². The maximum absolute atomic E-state index is 13.0. The highest BCUT2D eigenvalue weighted by atomic mass is 16.5. The van der Waals surface area contributed by atoms with Gasteiger partial charge >= 0.3 is 0 Å². The van der Waals surface area contributed by atoms with Crippen LogP contribution in [0.5, 0.6) is 5.75 Å². The quantitative estimate of drug-likeness (QED) is 0.668. The molecule has 29 heavy (non-hydrogen) atoms. The molecule has 1 heterocycles. The van der Waals surface area contributed by atoms with Gasteiger partial charge in [0, 0.05) is 5.56 Å². The summed E-state index contributed by atoms with van der Waals surface area (Å²) in [6.45, 7) is -0.0528. The van der Waals surface area contributed by atoms with E-state index in [9.17, 15) is 9.59 Å². The summed E-state index contributed by atoms with van der Waals surface area (Å²) in [5.41, 5.74) is 1.34. The fourth-order valence-corrected chi connectivity index (χ4v) is 2.77. The van der Waals surface area contributed by atoms with Gasteiger partial charge < -0.3 is 19.4 Å². The summed E-state index contributed by atoms with van der Waals surface area (Å²) in [4.78, 5) is 27.0. The van der Waals surface area contributed by atoms with Crippen LogP contribution in [0.15, 0.2) is 71.3 Å². The lowest BCUT2D eigenvalue weighted by Gasteiger charge is -2.21. The number of carbonyl (C=O) groups is 2. The molecule has 0 aliphatic rings. The third kappa shape index (κ3) is 5.02. The van der Waals surface area contributed by atoms with Crippen LogP contribution in [0.1, 0.15) is 21.7 Å². The second-order valence-electron chi connectivity index (χ2n) is 6.18. The lowest BCUT2D eigenvalue weighted by molar-refractivity contribution is -0.117. The van der Waals surface area contributed by atoms with Crippen LogP contribution in [0.3, 0.4) is 0 Å². The first-order valence-corrected chi connectivity index (χ1v) is 8.85. The Bertz CT molecular complexity index is 1020. The number of anilines is 1. The molecule has 0 bridgehead atoms. The van der Waals surface area contributed by atoms with E-state index in [-0.39, 0.29) is 24.9 Å². The Morgan fingerprint density at radius 1 is 1.10 bits per heavy atom. The topological polar surface area (TPSA) is 95.6 Å². The summed E-state index contributed by atoms with van der Waals surface area (Å²) >= 11 is 0. The molecule has 146 valence electrons. The van der Waals surface area contributed by atoms with E-state index in [2.05, 4.69) is 5.32 Å². The molecule has 7 nitrogen and oxygen atoms in total. The predicted molar refractivity (Wildman–Crippen MR) is 106 cm³/mol. The molecular weight excluding hydrogens is 370 g/mol. The van der Waals surface area contributed by atoms with Crippen LogP contribution < -0.4 is 10.1 Å². The Morgan fingerprint density at radius 3 is 2.52 bits per heavy atom. The van der Waals surface area contributed by atoms with Gasteiger partial charge in [0.05, 0.1) is 37.2 Å². The molecule has 0 spiro atoms. The second kappa shape index (κ2) is 9.24. The zero-order chi connectivity index (χ0) is 20.6. The number of carbonyl (C=O) groups excluding carboxylic acids is 2. The van der Waals surface area contributed by atoms with E-state index in [0.717, 1.165) is 0 Å². The molecular formula is C22H19N3O4. The number of rotatable bonds is 7. The van der Waals surface area contributed by atoms with E-state index in [1.807, 2.05) is 6.07 Å². The van der Waals surface area contributed by atoms with E-state index < -0.39 is 0 Å².